The molecule has 3 unspecified atom stereocenters. The van der Waals surface area contributed by atoms with Crippen LogP contribution in [0, 0.1) is 17.8 Å². The maximum atomic E-state index is 14.2. The van der Waals surface area contributed by atoms with Crippen molar-refractivity contribution >= 4 is 29.5 Å². The Labute approximate surface area is 208 Å². The normalized spacial score (nSPS) is 32.9. The molecule has 3 fully saturated rings. The summed E-state index contributed by atoms with van der Waals surface area (Å²) in [6, 6.07) is -1.29. The summed E-state index contributed by atoms with van der Waals surface area (Å²) in [6.45, 7) is 17.6. The van der Waals surface area contributed by atoms with E-state index in [1.54, 1.807) is 40.6 Å². The molecule has 0 radical (unpaired) electrons. The first-order valence-electron chi connectivity index (χ1n) is 12.3. The highest BCUT2D eigenvalue weighted by Crippen LogP contribution is 2.69. The molecule has 0 aliphatic carbocycles. The van der Waals surface area contributed by atoms with Crippen molar-refractivity contribution < 1.29 is 24.2 Å². The largest absolute Gasteiger partial charge is 0.465 e. The second-order valence-corrected chi connectivity index (χ2v) is 12.4. The van der Waals surface area contributed by atoms with Crippen LogP contribution in [0.2, 0.25) is 0 Å². The summed E-state index contributed by atoms with van der Waals surface area (Å²) in [7, 11) is 0. The number of unbranched alkanes of at least 4 members (excludes halogenated alkanes) is 1. The van der Waals surface area contributed by atoms with Gasteiger partial charge in [-0.3, -0.25) is 14.4 Å². The van der Waals surface area contributed by atoms with Crippen LogP contribution in [0.3, 0.4) is 0 Å². The molecule has 8 heteroatoms. The molecular weight excluding hydrogens is 452 g/mol. The lowest BCUT2D eigenvalue weighted by Gasteiger charge is -2.44. The van der Waals surface area contributed by atoms with Gasteiger partial charge in [0.2, 0.25) is 11.8 Å². The van der Waals surface area contributed by atoms with Gasteiger partial charge in [0.05, 0.1) is 35.8 Å². The van der Waals surface area contributed by atoms with E-state index in [4.69, 9.17) is 4.74 Å². The second kappa shape index (κ2) is 10.1. The van der Waals surface area contributed by atoms with Crippen molar-refractivity contribution in [2.24, 2.45) is 17.8 Å². The average Bonchev–Trinajstić information content (AvgIpc) is 3.37. The quantitative estimate of drug-likeness (QED) is 0.287. The van der Waals surface area contributed by atoms with Gasteiger partial charge in [-0.2, -0.15) is 0 Å². The molecule has 190 valence electrons. The third kappa shape index (κ3) is 4.21. The number of allylic oxidation sites excluding steroid dienone is 1. The molecule has 1 spiro atoms. The summed E-state index contributed by atoms with van der Waals surface area (Å²) in [5.74, 6) is -1.86. The van der Waals surface area contributed by atoms with Crippen molar-refractivity contribution in [2.75, 3.05) is 19.8 Å². The molecule has 3 rings (SSSR count). The zero-order valence-corrected chi connectivity index (χ0v) is 22.0. The fraction of sp³-hybridized carbons (Fsp3) is 0.731. The molecule has 0 saturated carbocycles. The Bertz CT molecular complexity index is 840. The number of carbonyl (C=O) groups excluding carboxylic acids is 3. The predicted molar refractivity (Wildman–Crippen MR) is 134 cm³/mol. The fourth-order valence-corrected chi connectivity index (χ4v) is 8.43. The SMILES string of the molecule is C=CCCCOC(=O)[C@@H]1[C@H]2C(=O)N([C@H](C)CO)C(C(=O)N(CC=C)C(C)(C)C)C23S[C@@H]1CC3C. The standard InChI is InChI=1S/C26H40N2O5S/c1-8-10-11-13-33-24(32)19-18-14-16(3)26(34-18)20(19)22(30)28(17(4)15-29)21(26)23(31)27(12-9-2)25(5,6)7/h8-9,16-21,29H,1-2,10-15H2,3-7H3/t16?,17-,18-,19+,20+,21?,26?/m1/s1. The number of amides is 2. The second-order valence-electron chi connectivity index (χ2n) is 10.8. The Balaban J connectivity index is 2.04. The lowest BCUT2D eigenvalue weighted by atomic mass is 9.66. The van der Waals surface area contributed by atoms with Crippen LogP contribution in [0.15, 0.2) is 25.3 Å². The summed E-state index contributed by atoms with van der Waals surface area (Å²) in [5.41, 5.74) is -0.481. The minimum absolute atomic E-state index is 0.0553. The van der Waals surface area contributed by atoms with Gasteiger partial charge in [0.25, 0.3) is 0 Å². The number of thioether (sulfide) groups is 1. The zero-order valence-electron chi connectivity index (χ0n) is 21.2. The molecule has 0 aromatic rings. The van der Waals surface area contributed by atoms with E-state index in [-0.39, 0.29) is 35.6 Å². The first-order chi connectivity index (χ1) is 16.0. The van der Waals surface area contributed by atoms with Gasteiger partial charge < -0.3 is 19.6 Å². The molecule has 0 aromatic heterocycles. The van der Waals surface area contributed by atoms with Gasteiger partial charge in [0, 0.05) is 17.3 Å². The Morgan fingerprint density at radius 2 is 2.03 bits per heavy atom. The van der Waals surface area contributed by atoms with Crippen LogP contribution in [0.4, 0.5) is 0 Å². The van der Waals surface area contributed by atoms with Crippen LogP contribution >= 0.6 is 11.8 Å². The highest BCUT2D eigenvalue weighted by Gasteiger charge is 2.77. The van der Waals surface area contributed by atoms with E-state index < -0.39 is 34.2 Å². The van der Waals surface area contributed by atoms with Gasteiger partial charge >= 0.3 is 5.97 Å². The van der Waals surface area contributed by atoms with E-state index >= 15 is 0 Å². The molecule has 1 N–H and O–H groups in total. The first-order valence-corrected chi connectivity index (χ1v) is 13.2. The molecular formula is C26H40N2O5S. The zero-order chi connectivity index (χ0) is 25.4. The monoisotopic (exact) mass is 492 g/mol. The minimum atomic E-state index is -0.755. The summed E-state index contributed by atoms with van der Waals surface area (Å²) in [6.07, 6.45) is 5.68. The third-order valence-electron chi connectivity index (χ3n) is 7.61. The number of rotatable bonds is 10. The van der Waals surface area contributed by atoms with Gasteiger partial charge in [-0.1, -0.05) is 19.1 Å². The Kier molecular flexibility index (Phi) is 7.92. The first kappa shape index (κ1) is 26.8. The molecule has 3 saturated heterocycles. The summed E-state index contributed by atoms with van der Waals surface area (Å²) < 4.78 is 4.87. The Morgan fingerprint density at radius 3 is 2.59 bits per heavy atom. The van der Waals surface area contributed by atoms with Crippen LogP contribution in [0.25, 0.3) is 0 Å². The smallest absolute Gasteiger partial charge is 0.310 e. The number of aliphatic hydroxyl groups is 1. The molecule has 2 amide bonds. The van der Waals surface area contributed by atoms with Crippen molar-refractivity contribution in [3.8, 4) is 0 Å². The van der Waals surface area contributed by atoms with Crippen molar-refractivity contribution in [3.05, 3.63) is 25.3 Å². The van der Waals surface area contributed by atoms with Crippen LogP contribution < -0.4 is 0 Å². The molecule has 34 heavy (non-hydrogen) atoms. The van der Waals surface area contributed by atoms with Crippen LogP contribution in [-0.2, 0) is 19.1 Å². The summed E-state index contributed by atoms with van der Waals surface area (Å²) in [4.78, 5) is 44.7. The van der Waals surface area contributed by atoms with Crippen molar-refractivity contribution in [2.45, 2.75) is 81.5 Å². The minimum Gasteiger partial charge on any atom is -0.465 e. The van der Waals surface area contributed by atoms with Gasteiger partial charge in [0.1, 0.15) is 6.04 Å². The van der Waals surface area contributed by atoms with E-state index in [9.17, 15) is 19.5 Å². The van der Waals surface area contributed by atoms with Gasteiger partial charge in [0.15, 0.2) is 0 Å². The number of hydrogen-bond acceptors (Lipinski definition) is 6. The molecule has 3 heterocycles. The number of ether oxygens (including phenoxy) is 1. The molecule has 7 atom stereocenters. The van der Waals surface area contributed by atoms with Crippen molar-refractivity contribution in [1.29, 1.82) is 0 Å². The van der Waals surface area contributed by atoms with Gasteiger partial charge in [-0.05, 0) is 52.9 Å². The lowest BCUT2D eigenvalue weighted by molar-refractivity contribution is -0.155. The fourth-order valence-electron chi connectivity index (χ4n) is 6.04. The molecule has 3 aliphatic heterocycles. The van der Waals surface area contributed by atoms with Crippen molar-refractivity contribution in [3.63, 3.8) is 0 Å². The highest BCUT2D eigenvalue weighted by atomic mass is 32.2. The van der Waals surface area contributed by atoms with Gasteiger partial charge in [-0.25, -0.2) is 0 Å². The van der Waals surface area contributed by atoms with E-state index in [1.165, 1.54) is 0 Å². The maximum Gasteiger partial charge on any atom is 0.310 e. The lowest BCUT2D eigenvalue weighted by Crippen LogP contribution is -2.61. The predicted octanol–water partition coefficient (Wildman–Crippen LogP) is 3.03. The molecule has 7 nitrogen and oxygen atoms in total. The number of likely N-dealkylation sites (tertiary alicyclic amines) is 1. The summed E-state index contributed by atoms with van der Waals surface area (Å²) >= 11 is 1.62. The maximum absolute atomic E-state index is 14.2. The van der Waals surface area contributed by atoms with Crippen LogP contribution in [-0.4, -0.2) is 80.1 Å². The number of hydrogen-bond donors (Lipinski definition) is 1. The van der Waals surface area contributed by atoms with E-state index in [2.05, 4.69) is 20.1 Å². The Morgan fingerprint density at radius 1 is 1.35 bits per heavy atom. The average molecular weight is 493 g/mol. The molecule has 2 bridgehead atoms. The number of nitrogens with zero attached hydrogens (tertiary/aromatic N) is 2. The van der Waals surface area contributed by atoms with Crippen molar-refractivity contribution in [1.82, 2.24) is 9.80 Å². The molecule has 3 aliphatic rings. The van der Waals surface area contributed by atoms with E-state index in [0.717, 1.165) is 12.8 Å². The van der Waals surface area contributed by atoms with Crippen LogP contribution in [0.1, 0.15) is 53.9 Å². The van der Waals surface area contributed by atoms with Gasteiger partial charge in [-0.15, -0.1) is 24.9 Å². The highest BCUT2D eigenvalue weighted by molar-refractivity contribution is 8.02. The third-order valence-corrected chi connectivity index (χ3v) is 9.69. The number of esters is 1. The Hall–Kier alpha value is -1.80. The number of aliphatic hydroxyl groups excluding tert-OH is 1. The number of fused-ring (bicyclic) bond motifs is 1. The summed E-state index contributed by atoms with van der Waals surface area (Å²) in [5, 5.41) is 9.96. The molecule has 0 aromatic carbocycles. The van der Waals surface area contributed by atoms with Crippen LogP contribution in [0.5, 0.6) is 0 Å². The topological polar surface area (TPSA) is 87.1 Å². The number of carbonyl (C=O) groups is 3. The van der Waals surface area contributed by atoms with E-state index in [0.29, 0.717) is 19.6 Å². The van der Waals surface area contributed by atoms with E-state index in [1.807, 2.05) is 20.8 Å².